The smallest absolute Gasteiger partial charge is 0.404 e. The molecule has 2 aromatic rings. The van der Waals surface area contributed by atoms with Gasteiger partial charge >= 0.3 is 6.18 Å². The number of nitrogens with one attached hydrogen (secondary N) is 2. The average molecular weight is 626 g/mol. The van der Waals surface area contributed by atoms with Crippen LogP contribution in [-0.2, 0) is 19.6 Å². The normalized spacial score (nSPS) is 25.1. The number of halogens is 6. The van der Waals surface area contributed by atoms with Crippen LogP contribution in [-0.4, -0.2) is 62.5 Å². The zero-order chi connectivity index (χ0) is 29.1. The Kier molecular flexibility index (Phi) is 7.02. The minimum atomic E-state index is -5.01. The maximum absolute atomic E-state index is 13.5. The van der Waals surface area contributed by atoms with Gasteiger partial charge in [0.25, 0.3) is 11.8 Å². The summed E-state index contributed by atoms with van der Waals surface area (Å²) in [6.07, 6.45) is -5.30. The van der Waals surface area contributed by atoms with Crippen molar-refractivity contribution in [2.75, 3.05) is 23.2 Å². The van der Waals surface area contributed by atoms with E-state index in [1.807, 2.05) is 0 Å². The molecule has 1 atom stereocenters. The summed E-state index contributed by atoms with van der Waals surface area (Å²) >= 11 is 11.5. The molecule has 4 aliphatic rings. The van der Waals surface area contributed by atoms with E-state index in [-0.39, 0.29) is 33.8 Å². The van der Waals surface area contributed by atoms with Gasteiger partial charge in [-0.15, -0.1) is 0 Å². The van der Waals surface area contributed by atoms with Crippen molar-refractivity contribution in [2.45, 2.75) is 42.6 Å². The van der Waals surface area contributed by atoms with Gasteiger partial charge in [-0.25, -0.2) is 12.8 Å². The summed E-state index contributed by atoms with van der Waals surface area (Å²) < 4.78 is 89.1. The van der Waals surface area contributed by atoms with Crippen molar-refractivity contribution in [1.29, 1.82) is 0 Å². The highest BCUT2D eigenvalue weighted by molar-refractivity contribution is 7.92. The van der Waals surface area contributed by atoms with E-state index in [1.165, 1.54) is 24.3 Å². The third-order valence-corrected chi connectivity index (χ3v) is 9.10. The quantitative estimate of drug-likeness (QED) is 0.434. The van der Waals surface area contributed by atoms with E-state index in [4.69, 9.17) is 32.7 Å². The molecular weight excluding hydrogens is 605 g/mol. The van der Waals surface area contributed by atoms with Crippen LogP contribution in [0.1, 0.15) is 19.3 Å². The molecule has 3 fully saturated rings. The number of hydrogen-bond donors (Lipinski definition) is 2. The van der Waals surface area contributed by atoms with Gasteiger partial charge in [0.1, 0.15) is 17.3 Å². The van der Waals surface area contributed by atoms with Crippen molar-refractivity contribution in [3.05, 3.63) is 52.3 Å². The van der Waals surface area contributed by atoms with Crippen molar-refractivity contribution < 1.29 is 45.0 Å². The summed E-state index contributed by atoms with van der Waals surface area (Å²) in [5.74, 6) is -3.95. The predicted molar refractivity (Wildman–Crippen MR) is 136 cm³/mol. The number of carbonyl (C=O) groups is 2. The van der Waals surface area contributed by atoms with Gasteiger partial charge < -0.3 is 20.1 Å². The number of alkyl halides is 3. The van der Waals surface area contributed by atoms with E-state index in [0.717, 1.165) is 12.1 Å². The van der Waals surface area contributed by atoms with E-state index in [0.29, 0.717) is 23.6 Å². The molecule has 2 amide bonds. The Bertz CT molecular complexity index is 1470. The Hall–Kier alpha value is -2.97. The van der Waals surface area contributed by atoms with Gasteiger partial charge in [0.2, 0.25) is 10.0 Å². The molecule has 0 saturated heterocycles. The van der Waals surface area contributed by atoms with Gasteiger partial charge in [0.05, 0.1) is 17.3 Å². The summed E-state index contributed by atoms with van der Waals surface area (Å²) in [7, 11) is -4.91. The third-order valence-electron chi connectivity index (χ3n) is 6.85. The van der Waals surface area contributed by atoms with Crippen molar-refractivity contribution in [3.63, 3.8) is 0 Å². The number of nitrogens with zero attached hydrogens (tertiary/aromatic N) is 1. The number of hydrogen-bond acceptors (Lipinski definition) is 6. The van der Waals surface area contributed by atoms with Crippen LogP contribution in [0.3, 0.4) is 0 Å². The molecule has 40 heavy (non-hydrogen) atoms. The van der Waals surface area contributed by atoms with Crippen LogP contribution >= 0.6 is 23.2 Å². The largest absolute Gasteiger partial charge is 0.484 e. The summed E-state index contributed by atoms with van der Waals surface area (Å²) in [6, 6.07) is 7.55. The Morgan fingerprint density at radius 1 is 1.07 bits per heavy atom. The fourth-order valence-corrected chi connectivity index (χ4v) is 7.01. The number of ether oxygens (including phenoxy) is 2. The van der Waals surface area contributed by atoms with E-state index in [9.17, 15) is 35.6 Å². The molecule has 3 aliphatic carbocycles. The van der Waals surface area contributed by atoms with Crippen LogP contribution in [0.25, 0.3) is 0 Å². The maximum atomic E-state index is 13.5. The number of anilines is 1. The lowest BCUT2D eigenvalue weighted by atomic mass is 9.44. The molecule has 0 spiro atoms. The van der Waals surface area contributed by atoms with Crippen molar-refractivity contribution >= 4 is 50.7 Å². The van der Waals surface area contributed by atoms with Gasteiger partial charge in [-0.2, -0.15) is 13.2 Å². The lowest BCUT2D eigenvalue weighted by Crippen LogP contribution is -2.84. The van der Waals surface area contributed by atoms with Crippen LogP contribution in [0, 0.1) is 5.82 Å². The van der Waals surface area contributed by atoms with Crippen LogP contribution in [0.2, 0.25) is 10.0 Å². The first kappa shape index (κ1) is 28.6. The Morgan fingerprint density at radius 2 is 1.75 bits per heavy atom. The van der Waals surface area contributed by atoms with Gasteiger partial charge in [-0.05, 0) is 49.6 Å². The zero-order valence-electron chi connectivity index (χ0n) is 20.4. The second-order valence-electron chi connectivity index (χ2n) is 10.1. The SMILES string of the molecule is O=C(COc1ccc(Cl)c(F)c1)NC12CC(NC(=O)C3CN(S(=O)(=O)CC(F)(F)F)c4cc(Cl)ccc4O3)(C1)C2. The summed E-state index contributed by atoms with van der Waals surface area (Å²) in [4.78, 5) is 25.4. The highest BCUT2D eigenvalue weighted by Crippen LogP contribution is 2.60. The Labute approximate surface area is 235 Å². The van der Waals surface area contributed by atoms with E-state index < -0.39 is 63.3 Å². The molecule has 2 bridgehead atoms. The van der Waals surface area contributed by atoms with E-state index in [2.05, 4.69) is 10.6 Å². The number of amides is 2. The highest BCUT2D eigenvalue weighted by atomic mass is 35.5. The van der Waals surface area contributed by atoms with E-state index >= 15 is 0 Å². The van der Waals surface area contributed by atoms with E-state index in [1.54, 1.807) is 0 Å². The number of sulfonamides is 1. The van der Waals surface area contributed by atoms with Gasteiger partial charge in [0, 0.05) is 22.2 Å². The summed E-state index contributed by atoms with van der Waals surface area (Å²) in [5, 5.41) is 5.61. The lowest BCUT2D eigenvalue weighted by molar-refractivity contribution is -0.153. The number of fused-ring (bicyclic) bond motifs is 1. The molecule has 3 saturated carbocycles. The Balaban J connectivity index is 1.18. The highest BCUT2D eigenvalue weighted by Gasteiger charge is 2.69. The lowest BCUT2D eigenvalue weighted by Gasteiger charge is -2.70. The molecule has 6 rings (SSSR count). The first-order valence-corrected chi connectivity index (χ1v) is 14.2. The molecule has 0 aromatic heterocycles. The molecular formula is C24H21Cl2F4N3O6S. The molecule has 16 heteroatoms. The minimum absolute atomic E-state index is 0.0735. The summed E-state index contributed by atoms with van der Waals surface area (Å²) in [6.45, 7) is -1.05. The number of rotatable bonds is 8. The third kappa shape index (κ3) is 5.75. The predicted octanol–water partition coefficient (Wildman–Crippen LogP) is 3.58. The number of carbonyl (C=O) groups excluding carboxylic acids is 2. The molecule has 2 N–H and O–H groups in total. The fraction of sp³-hybridized carbons (Fsp3) is 0.417. The standard InChI is InChI=1S/C24H21Cl2F4N3O6S/c25-13-1-4-18-17(5-13)33(40(36,37)12-24(28,29)30)7-19(39-18)21(35)32-23-9-22(10-23,11-23)31-20(34)8-38-14-2-3-15(26)16(27)6-14/h1-6,19H,7-12H2,(H,31,34)(H,32,35). The fourth-order valence-electron chi connectivity index (χ4n) is 5.35. The molecule has 9 nitrogen and oxygen atoms in total. The first-order chi connectivity index (χ1) is 18.6. The molecule has 216 valence electrons. The molecule has 1 heterocycles. The van der Waals surface area contributed by atoms with Crippen molar-refractivity contribution in [2.24, 2.45) is 0 Å². The Morgan fingerprint density at radius 3 is 2.40 bits per heavy atom. The molecule has 2 aromatic carbocycles. The monoisotopic (exact) mass is 625 g/mol. The van der Waals surface area contributed by atoms with Crippen LogP contribution in [0.4, 0.5) is 23.2 Å². The number of benzene rings is 2. The molecule has 1 unspecified atom stereocenters. The van der Waals surface area contributed by atoms with Gasteiger partial charge in [0.15, 0.2) is 18.5 Å². The molecule has 1 aliphatic heterocycles. The minimum Gasteiger partial charge on any atom is -0.484 e. The van der Waals surface area contributed by atoms with Gasteiger partial charge in [-0.1, -0.05) is 23.2 Å². The zero-order valence-corrected chi connectivity index (χ0v) is 22.7. The van der Waals surface area contributed by atoms with Crippen LogP contribution in [0.5, 0.6) is 11.5 Å². The summed E-state index contributed by atoms with van der Waals surface area (Å²) in [5.41, 5.74) is -1.45. The second kappa shape index (κ2) is 9.84. The van der Waals surface area contributed by atoms with Gasteiger partial charge in [-0.3, -0.25) is 13.9 Å². The second-order valence-corrected chi connectivity index (χ2v) is 12.9. The van der Waals surface area contributed by atoms with Crippen LogP contribution < -0.4 is 24.4 Å². The topological polar surface area (TPSA) is 114 Å². The van der Waals surface area contributed by atoms with Crippen molar-refractivity contribution in [1.82, 2.24) is 10.6 Å². The average Bonchev–Trinajstić information content (AvgIpc) is 2.80. The van der Waals surface area contributed by atoms with Crippen LogP contribution in [0.15, 0.2) is 36.4 Å². The molecule has 0 radical (unpaired) electrons. The first-order valence-electron chi connectivity index (χ1n) is 11.8. The van der Waals surface area contributed by atoms with Crippen molar-refractivity contribution in [3.8, 4) is 11.5 Å². The maximum Gasteiger partial charge on any atom is 0.404 e.